The minimum Gasteiger partial charge on any atom is -0.504 e. The molecule has 2 N–H and O–H groups in total. The highest BCUT2D eigenvalue weighted by Gasteiger charge is 2.24. The minimum atomic E-state index is -0.0677. The molecule has 3 rings (SSSR count). The average molecular weight is 380 g/mol. The van der Waals surface area contributed by atoms with Crippen LogP contribution in [-0.4, -0.2) is 16.3 Å². The van der Waals surface area contributed by atoms with Crippen molar-refractivity contribution in [3.63, 3.8) is 0 Å². The van der Waals surface area contributed by atoms with Crippen LogP contribution < -0.4 is 9.83 Å². The van der Waals surface area contributed by atoms with Crippen LogP contribution in [0.25, 0.3) is 0 Å². The van der Waals surface area contributed by atoms with Crippen LogP contribution >= 0.6 is 18.7 Å². The lowest BCUT2D eigenvalue weighted by Crippen LogP contribution is -2.18. The van der Waals surface area contributed by atoms with Crippen LogP contribution in [0, 0.1) is 11.8 Å². The van der Waals surface area contributed by atoms with Gasteiger partial charge in [0.15, 0.2) is 11.5 Å². The molecule has 1 aromatic carbocycles. The van der Waals surface area contributed by atoms with E-state index in [9.17, 15) is 10.2 Å². The third-order valence-electron chi connectivity index (χ3n) is 5.94. The number of phenolic OH excluding ortho intramolecular Hbond substituents is 1. The Morgan fingerprint density at radius 1 is 0.920 bits per heavy atom. The normalized spacial score (nSPS) is 30.5. The Morgan fingerprint density at radius 2 is 1.48 bits per heavy atom. The van der Waals surface area contributed by atoms with E-state index in [1.54, 1.807) is 6.07 Å². The molecule has 0 radical (unpaired) electrons. The fourth-order valence-corrected chi connectivity index (χ4v) is 5.25. The van der Waals surface area contributed by atoms with Gasteiger partial charge in [-0.2, -0.15) is 0 Å². The molecule has 0 saturated heterocycles. The zero-order chi connectivity index (χ0) is 17.8. The molecule has 2 aliphatic rings. The molecule has 0 aromatic heterocycles. The summed E-state index contributed by atoms with van der Waals surface area (Å²) in [5.74, 6) is 2.64. The van der Waals surface area contributed by atoms with Crippen molar-refractivity contribution in [1.82, 2.24) is 0 Å². The van der Waals surface area contributed by atoms with E-state index in [1.165, 1.54) is 31.2 Å². The van der Waals surface area contributed by atoms with E-state index < -0.39 is 0 Å². The summed E-state index contributed by atoms with van der Waals surface area (Å²) in [6.07, 6.45) is 13.8. The van der Waals surface area contributed by atoms with E-state index in [2.05, 4.69) is 30.9 Å². The number of aliphatic hydroxyl groups excluding tert-OH is 1. The van der Waals surface area contributed by atoms with Crippen LogP contribution in [0.1, 0.15) is 62.8 Å². The highest BCUT2D eigenvalue weighted by Crippen LogP contribution is 2.39. The summed E-state index contributed by atoms with van der Waals surface area (Å²) in [6, 6.07) is 3.78. The predicted molar refractivity (Wildman–Crippen MR) is 110 cm³/mol. The molecule has 25 heavy (non-hydrogen) atoms. The molecule has 138 valence electrons. The van der Waals surface area contributed by atoms with E-state index in [0.29, 0.717) is 23.5 Å². The summed E-state index contributed by atoms with van der Waals surface area (Å²) in [5, 5.41) is 20.5. The van der Waals surface area contributed by atoms with Crippen molar-refractivity contribution in [2.24, 2.45) is 11.8 Å². The van der Waals surface area contributed by atoms with Gasteiger partial charge in [-0.15, -0.1) is 9.24 Å². The van der Waals surface area contributed by atoms with Crippen LogP contribution in [0.2, 0.25) is 0 Å². The summed E-state index contributed by atoms with van der Waals surface area (Å²) in [5.41, 5.74) is 1.28. The summed E-state index contributed by atoms with van der Waals surface area (Å²) < 4.78 is 5.26. The SMILES string of the molecule is Oc1ccc(C2CCC(/C=C/C3CCC(O)CC3)CC2)c(P)c1OP. The van der Waals surface area contributed by atoms with E-state index in [0.717, 1.165) is 31.0 Å². The maximum absolute atomic E-state index is 9.89. The van der Waals surface area contributed by atoms with Crippen LogP contribution in [-0.2, 0) is 0 Å². The third-order valence-corrected chi connectivity index (χ3v) is 6.77. The van der Waals surface area contributed by atoms with Gasteiger partial charge >= 0.3 is 0 Å². The van der Waals surface area contributed by atoms with Crippen LogP contribution in [0.3, 0.4) is 0 Å². The second kappa shape index (κ2) is 8.85. The van der Waals surface area contributed by atoms with Gasteiger partial charge in [-0.1, -0.05) is 18.2 Å². The molecular formula is C20H30O3P2. The Hall–Kier alpha value is -0.620. The van der Waals surface area contributed by atoms with Crippen molar-refractivity contribution in [3.05, 3.63) is 29.8 Å². The van der Waals surface area contributed by atoms with Crippen molar-refractivity contribution in [2.45, 2.75) is 63.4 Å². The first-order valence-corrected chi connectivity index (χ1v) is 10.5. The van der Waals surface area contributed by atoms with E-state index >= 15 is 0 Å². The van der Waals surface area contributed by atoms with Crippen LogP contribution in [0.5, 0.6) is 11.5 Å². The molecule has 0 bridgehead atoms. The first-order chi connectivity index (χ1) is 12.1. The highest BCUT2D eigenvalue weighted by atomic mass is 31.0. The Labute approximate surface area is 155 Å². The molecule has 0 heterocycles. The molecule has 0 amide bonds. The fraction of sp³-hybridized carbons (Fsp3) is 0.600. The van der Waals surface area contributed by atoms with Crippen molar-refractivity contribution < 1.29 is 14.7 Å². The van der Waals surface area contributed by atoms with Gasteiger partial charge < -0.3 is 14.7 Å². The standard InChI is InChI=1S/C20H30O3P2/c21-16-9-5-14(6-10-16)2-1-13-3-7-15(8-4-13)17-11-12-18(22)19(23-25)20(17)24/h1-2,11-16,21-22H,3-10,24-25H2/b2-1+. The number of phenols is 1. The molecule has 2 unspecified atom stereocenters. The quantitative estimate of drug-likeness (QED) is 0.600. The molecule has 0 spiro atoms. The molecule has 5 heteroatoms. The van der Waals surface area contributed by atoms with Gasteiger partial charge in [0.25, 0.3) is 0 Å². The van der Waals surface area contributed by atoms with Crippen molar-refractivity contribution >= 4 is 24.0 Å². The molecule has 3 nitrogen and oxygen atoms in total. The van der Waals surface area contributed by atoms with Gasteiger partial charge in [0.1, 0.15) is 0 Å². The number of hydrogen-bond donors (Lipinski definition) is 2. The number of benzene rings is 1. The lowest BCUT2D eigenvalue weighted by Gasteiger charge is -2.29. The highest BCUT2D eigenvalue weighted by molar-refractivity contribution is 7.28. The summed E-state index contributed by atoms with van der Waals surface area (Å²) in [4.78, 5) is 0. The zero-order valence-corrected chi connectivity index (χ0v) is 17.0. The zero-order valence-electron chi connectivity index (χ0n) is 14.7. The monoisotopic (exact) mass is 380 g/mol. The molecule has 2 aliphatic carbocycles. The van der Waals surface area contributed by atoms with E-state index in [4.69, 9.17) is 4.52 Å². The van der Waals surface area contributed by atoms with Gasteiger partial charge in [0.2, 0.25) is 0 Å². The summed E-state index contributed by atoms with van der Waals surface area (Å²) >= 11 is 0. The Kier molecular flexibility index (Phi) is 6.78. The van der Waals surface area contributed by atoms with Crippen LogP contribution in [0.4, 0.5) is 0 Å². The Morgan fingerprint density at radius 3 is 2.04 bits per heavy atom. The van der Waals surface area contributed by atoms with Gasteiger partial charge in [-0.05, 0) is 80.8 Å². The largest absolute Gasteiger partial charge is 0.504 e. The van der Waals surface area contributed by atoms with E-state index in [1.807, 2.05) is 6.07 Å². The topological polar surface area (TPSA) is 49.7 Å². The maximum Gasteiger partial charge on any atom is 0.171 e. The van der Waals surface area contributed by atoms with Gasteiger partial charge in [0.05, 0.1) is 15.6 Å². The van der Waals surface area contributed by atoms with Crippen LogP contribution in [0.15, 0.2) is 24.3 Å². The van der Waals surface area contributed by atoms with Gasteiger partial charge in [-0.25, -0.2) is 0 Å². The van der Waals surface area contributed by atoms with Crippen molar-refractivity contribution in [2.75, 3.05) is 0 Å². The number of hydrogen-bond acceptors (Lipinski definition) is 3. The van der Waals surface area contributed by atoms with Crippen molar-refractivity contribution in [1.29, 1.82) is 0 Å². The number of aromatic hydroxyl groups is 1. The number of aliphatic hydroxyl groups is 1. The smallest absolute Gasteiger partial charge is 0.171 e. The predicted octanol–water partition coefficient (Wildman–Crippen LogP) is 4.44. The average Bonchev–Trinajstić information content (AvgIpc) is 2.62. The second-order valence-electron chi connectivity index (χ2n) is 7.60. The fourth-order valence-electron chi connectivity index (χ4n) is 4.31. The molecule has 2 saturated carbocycles. The number of rotatable bonds is 4. The summed E-state index contributed by atoms with van der Waals surface area (Å²) in [6.45, 7) is 0. The second-order valence-corrected chi connectivity index (χ2v) is 8.41. The molecule has 1 aromatic rings. The summed E-state index contributed by atoms with van der Waals surface area (Å²) in [7, 11) is 4.96. The molecule has 2 fully saturated rings. The first kappa shape index (κ1) is 19.2. The lowest BCUT2D eigenvalue weighted by molar-refractivity contribution is 0.118. The molecule has 0 aliphatic heterocycles. The Balaban J connectivity index is 1.55. The van der Waals surface area contributed by atoms with Gasteiger partial charge in [-0.3, -0.25) is 0 Å². The third kappa shape index (κ3) is 4.76. The van der Waals surface area contributed by atoms with Crippen molar-refractivity contribution in [3.8, 4) is 11.5 Å². The molecule has 2 atom stereocenters. The van der Waals surface area contributed by atoms with E-state index in [-0.39, 0.29) is 11.9 Å². The molecular weight excluding hydrogens is 350 g/mol. The minimum absolute atomic E-state index is 0.0677. The Bertz CT molecular complexity index is 601. The lowest BCUT2D eigenvalue weighted by atomic mass is 9.77. The van der Waals surface area contributed by atoms with Gasteiger partial charge in [0, 0.05) is 5.30 Å². The first-order valence-electron chi connectivity index (χ1n) is 9.43. The number of allylic oxidation sites excluding steroid dienone is 2. The maximum atomic E-state index is 9.89.